The maximum Gasteiger partial charge on any atom is 0.243 e. The molecule has 1 heterocycles. The van der Waals surface area contributed by atoms with Gasteiger partial charge < -0.3 is 10.1 Å². The summed E-state index contributed by atoms with van der Waals surface area (Å²) < 4.78 is 31.9. The Morgan fingerprint density at radius 1 is 1.29 bits per heavy atom. The van der Waals surface area contributed by atoms with Crippen molar-refractivity contribution in [2.24, 2.45) is 5.92 Å². The lowest BCUT2D eigenvalue weighted by molar-refractivity contribution is -0.126. The molecule has 1 aliphatic rings. The molecule has 1 aliphatic heterocycles. The van der Waals surface area contributed by atoms with Crippen LogP contribution in [0.4, 0.5) is 0 Å². The fraction of sp³-hybridized carbons (Fsp3) is 0.588. The van der Waals surface area contributed by atoms with Crippen LogP contribution in [-0.4, -0.2) is 44.9 Å². The summed E-state index contributed by atoms with van der Waals surface area (Å²) in [5.74, 6) is 0.543. The molecule has 0 aliphatic carbocycles. The van der Waals surface area contributed by atoms with Crippen molar-refractivity contribution in [1.82, 2.24) is 9.62 Å². The molecule has 6 nitrogen and oxygen atoms in total. The van der Waals surface area contributed by atoms with E-state index in [1.807, 2.05) is 13.8 Å². The number of hydrogen-bond donors (Lipinski definition) is 1. The molecule has 0 radical (unpaired) electrons. The topological polar surface area (TPSA) is 75.7 Å². The Morgan fingerprint density at radius 3 is 2.38 bits per heavy atom. The number of carbonyl (C=O) groups is 1. The first-order chi connectivity index (χ1) is 11.4. The molecule has 0 aromatic heterocycles. The minimum absolute atomic E-state index is 0.0332. The van der Waals surface area contributed by atoms with Crippen LogP contribution in [0.1, 0.15) is 33.1 Å². The fourth-order valence-corrected chi connectivity index (χ4v) is 4.19. The highest BCUT2D eigenvalue weighted by Gasteiger charge is 2.32. The van der Waals surface area contributed by atoms with Gasteiger partial charge in [-0.15, -0.1) is 0 Å². The van der Waals surface area contributed by atoms with Gasteiger partial charge in [0.25, 0.3) is 0 Å². The predicted octanol–water partition coefficient (Wildman–Crippen LogP) is 2.01. The third-order valence-corrected chi connectivity index (χ3v) is 6.44. The number of benzene rings is 1. The van der Waals surface area contributed by atoms with E-state index in [1.165, 1.54) is 4.31 Å². The van der Waals surface area contributed by atoms with Crippen LogP contribution in [0, 0.1) is 5.92 Å². The van der Waals surface area contributed by atoms with Gasteiger partial charge in [-0.25, -0.2) is 8.42 Å². The Bertz CT molecular complexity index is 650. The molecule has 0 unspecified atom stereocenters. The molecule has 1 aromatic rings. The molecule has 0 saturated carbocycles. The summed E-state index contributed by atoms with van der Waals surface area (Å²) >= 11 is 0. The second kappa shape index (κ2) is 7.98. The fourth-order valence-electron chi connectivity index (χ4n) is 2.72. The van der Waals surface area contributed by atoms with Crippen LogP contribution in [-0.2, 0) is 14.8 Å². The maximum atomic E-state index is 12.7. The van der Waals surface area contributed by atoms with E-state index < -0.39 is 10.0 Å². The highest BCUT2D eigenvalue weighted by atomic mass is 32.2. The Kier molecular flexibility index (Phi) is 6.23. The van der Waals surface area contributed by atoms with Gasteiger partial charge in [0, 0.05) is 25.0 Å². The van der Waals surface area contributed by atoms with Crippen molar-refractivity contribution in [2.45, 2.75) is 44.0 Å². The molecule has 1 fully saturated rings. The Hall–Kier alpha value is -1.60. The van der Waals surface area contributed by atoms with Crippen molar-refractivity contribution in [3.8, 4) is 5.75 Å². The molecular formula is C17H26N2O4S. The molecule has 1 amide bonds. The number of nitrogens with one attached hydrogen (secondary N) is 1. The van der Waals surface area contributed by atoms with Crippen LogP contribution in [0.3, 0.4) is 0 Å². The van der Waals surface area contributed by atoms with E-state index in [0.717, 1.165) is 6.42 Å². The second-order valence-corrected chi connectivity index (χ2v) is 8.11. The SMILES string of the molecule is CC[C@@H](C)NC(=O)C1CCN(S(=O)(=O)c2ccc(OC)cc2)CC1. The van der Waals surface area contributed by atoms with Crippen LogP contribution in [0.15, 0.2) is 29.2 Å². The Morgan fingerprint density at radius 2 is 1.88 bits per heavy atom. The van der Waals surface area contributed by atoms with E-state index in [-0.39, 0.29) is 22.8 Å². The molecule has 134 valence electrons. The maximum absolute atomic E-state index is 12.7. The predicted molar refractivity (Wildman–Crippen MR) is 92.4 cm³/mol. The largest absolute Gasteiger partial charge is 0.497 e. The average molecular weight is 354 g/mol. The number of nitrogens with zero attached hydrogens (tertiary/aromatic N) is 1. The van der Waals surface area contributed by atoms with Gasteiger partial charge >= 0.3 is 0 Å². The molecule has 1 N–H and O–H groups in total. The third-order valence-electron chi connectivity index (χ3n) is 4.52. The number of sulfonamides is 1. The van der Waals surface area contributed by atoms with Crippen LogP contribution in [0.2, 0.25) is 0 Å². The van der Waals surface area contributed by atoms with Gasteiger partial charge in [0.2, 0.25) is 15.9 Å². The van der Waals surface area contributed by atoms with Gasteiger partial charge in [0.15, 0.2) is 0 Å². The van der Waals surface area contributed by atoms with Crippen molar-refractivity contribution >= 4 is 15.9 Å². The highest BCUT2D eigenvalue weighted by Crippen LogP contribution is 2.25. The smallest absolute Gasteiger partial charge is 0.243 e. The van der Waals surface area contributed by atoms with Gasteiger partial charge in [-0.1, -0.05) is 6.92 Å². The van der Waals surface area contributed by atoms with E-state index in [2.05, 4.69) is 5.32 Å². The number of methoxy groups -OCH3 is 1. The first-order valence-electron chi connectivity index (χ1n) is 8.33. The summed E-state index contributed by atoms with van der Waals surface area (Å²) in [5.41, 5.74) is 0. The summed E-state index contributed by atoms with van der Waals surface area (Å²) in [5, 5.41) is 2.98. The quantitative estimate of drug-likeness (QED) is 0.848. The zero-order valence-corrected chi connectivity index (χ0v) is 15.3. The van der Waals surface area contributed by atoms with Gasteiger partial charge in [0.1, 0.15) is 5.75 Å². The zero-order valence-electron chi connectivity index (χ0n) is 14.5. The first-order valence-corrected chi connectivity index (χ1v) is 9.77. The first kappa shape index (κ1) is 18.7. The lowest BCUT2D eigenvalue weighted by Crippen LogP contribution is -2.44. The van der Waals surface area contributed by atoms with E-state index in [1.54, 1.807) is 31.4 Å². The summed E-state index contributed by atoms with van der Waals surface area (Å²) in [6, 6.07) is 6.53. The van der Waals surface area contributed by atoms with Crippen LogP contribution in [0.5, 0.6) is 5.75 Å². The van der Waals surface area contributed by atoms with Gasteiger partial charge in [0.05, 0.1) is 12.0 Å². The van der Waals surface area contributed by atoms with E-state index >= 15 is 0 Å². The molecule has 7 heteroatoms. The van der Waals surface area contributed by atoms with E-state index in [9.17, 15) is 13.2 Å². The average Bonchev–Trinajstić information content (AvgIpc) is 2.61. The van der Waals surface area contributed by atoms with Crippen LogP contribution < -0.4 is 10.1 Å². The molecular weight excluding hydrogens is 328 g/mol. The normalized spacial score (nSPS) is 18.1. The second-order valence-electron chi connectivity index (χ2n) is 6.17. The molecule has 24 heavy (non-hydrogen) atoms. The standard InChI is InChI=1S/C17H26N2O4S/c1-4-13(2)18-17(20)14-9-11-19(12-10-14)24(21,22)16-7-5-15(23-3)6-8-16/h5-8,13-14H,4,9-12H2,1-3H3,(H,18,20)/t13-/m1/s1. The zero-order chi connectivity index (χ0) is 17.7. The monoisotopic (exact) mass is 354 g/mol. The lowest BCUT2D eigenvalue weighted by Gasteiger charge is -2.31. The van der Waals surface area contributed by atoms with Crippen molar-refractivity contribution in [1.29, 1.82) is 0 Å². The van der Waals surface area contributed by atoms with Crippen LogP contribution >= 0.6 is 0 Å². The summed E-state index contributed by atoms with van der Waals surface area (Å²) in [7, 11) is -1.98. The van der Waals surface area contributed by atoms with Gasteiger partial charge in [-0.3, -0.25) is 4.79 Å². The number of ether oxygens (including phenoxy) is 1. The molecule has 1 atom stereocenters. The van der Waals surface area contributed by atoms with Crippen molar-refractivity contribution in [3.05, 3.63) is 24.3 Å². The Labute approximate surface area is 144 Å². The minimum Gasteiger partial charge on any atom is -0.497 e. The molecule has 0 bridgehead atoms. The van der Waals surface area contributed by atoms with Crippen molar-refractivity contribution in [2.75, 3.05) is 20.2 Å². The number of carbonyl (C=O) groups excluding carboxylic acids is 1. The molecule has 2 rings (SSSR count). The summed E-state index contributed by atoms with van der Waals surface area (Å²) in [6.07, 6.45) is 1.99. The molecule has 1 aromatic carbocycles. The third kappa shape index (κ3) is 4.27. The van der Waals surface area contributed by atoms with Gasteiger partial charge in [-0.2, -0.15) is 4.31 Å². The summed E-state index contributed by atoms with van der Waals surface area (Å²) in [4.78, 5) is 12.4. The van der Waals surface area contributed by atoms with E-state index in [4.69, 9.17) is 4.74 Å². The van der Waals surface area contributed by atoms with Crippen molar-refractivity contribution in [3.63, 3.8) is 0 Å². The molecule has 1 saturated heterocycles. The number of hydrogen-bond acceptors (Lipinski definition) is 4. The molecule has 0 spiro atoms. The highest BCUT2D eigenvalue weighted by molar-refractivity contribution is 7.89. The van der Waals surface area contributed by atoms with E-state index in [0.29, 0.717) is 31.7 Å². The number of piperidine rings is 1. The van der Waals surface area contributed by atoms with Crippen LogP contribution in [0.25, 0.3) is 0 Å². The van der Waals surface area contributed by atoms with Gasteiger partial charge in [-0.05, 0) is 50.5 Å². The summed E-state index contributed by atoms with van der Waals surface area (Å²) in [6.45, 7) is 4.73. The lowest BCUT2D eigenvalue weighted by atomic mass is 9.97. The number of amides is 1. The number of rotatable bonds is 6. The van der Waals surface area contributed by atoms with Crippen molar-refractivity contribution < 1.29 is 17.9 Å². The Balaban J connectivity index is 1.98. The minimum atomic E-state index is -3.52.